The van der Waals surface area contributed by atoms with Gasteiger partial charge in [0, 0.05) is 6.26 Å². The van der Waals surface area contributed by atoms with Crippen LogP contribution in [0.5, 0.6) is 5.75 Å². The van der Waals surface area contributed by atoms with E-state index in [-0.39, 0.29) is 0 Å². The molecule has 0 heterocycles. The minimum atomic E-state index is -4.90. The van der Waals surface area contributed by atoms with Crippen molar-refractivity contribution in [1.82, 2.24) is 0 Å². The van der Waals surface area contributed by atoms with Gasteiger partial charge in [0.05, 0.1) is 0 Å². The fraction of sp³-hybridized carbons (Fsp3) is 0.455. The Labute approximate surface area is 104 Å². The number of hydrogen-bond donors (Lipinski definition) is 0. The minimum Gasteiger partial charge on any atom is -0.404 e. The second-order valence-corrected chi connectivity index (χ2v) is 5.46. The molecule has 0 aliphatic rings. The number of rotatable bonds is 2. The summed E-state index contributed by atoms with van der Waals surface area (Å²) in [5.74, 6) is -0.715. The maximum absolute atomic E-state index is 11.9. The SMILES string of the molecule is CCC.CS(=O)(=O)c1ccccc1OC(F)(F)F. The molecule has 0 radical (unpaired) electrons. The summed E-state index contributed by atoms with van der Waals surface area (Å²) < 4.78 is 61.4. The molecule has 0 bridgehead atoms. The van der Waals surface area contributed by atoms with Crippen LogP contribution in [0.15, 0.2) is 29.2 Å². The molecule has 1 rings (SSSR count). The number of alkyl halides is 3. The van der Waals surface area contributed by atoms with E-state index >= 15 is 0 Å². The van der Waals surface area contributed by atoms with Gasteiger partial charge in [-0.1, -0.05) is 32.4 Å². The summed E-state index contributed by atoms with van der Waals surface area (Å²) in [5.41, 5.74) is 0. The number of sulfone groups is 1. The number of para-hydroxylation sites is 1. The van der Waals surface area contributed by atoms with Gasteiger partial charge in [-0.2, -0.15) is 0 Å². The van der Waals surface area contributed by atoms with Crippen molar-refractivity contribution < 1.29 is 26.3 Å². The van der Waals surface area contributed by atoms with Gasteiger partial charge < -0.3 is 4.74 Å². The summed E-state index contributed by atoms with van der Waals surface area (Å²) in [5, 5.41) is 0. The molecule has 0 aromatic heterocycles. The van der Waals surface area contributed by atoms with Gasteiger partial charge in [0.15, 0.2) is 9.84 Å². The van der Waals surface area contributed by atoms with E-state index in [0.29, 0.717) is 0 Å². The monoisotopic (exact) mass is 284 g/mol. The molecule has 3 nitrogen and oxygen atoms in total. The highest BCUT2D eigenvalue weighted by molar-refractivity contribution is 7.90. The lowest BCUT2D eigenvalue weighted by atomic mass is 10.3. The molecule has 0 unspecified atom stereocenters. The van der Waals surface area contributed by atoms with E-state index in [1.165, 1.54) is 18.6 Å². The Balaban J connectivity index is 0.000000873. The fourth-order valence-electron chi connectivity index (χ4n) is 0.965. The van der Waals surface area contributed by atoms with Gasteiger partial charge in [0.1, 0.15) is 10.6 Å². The lowest BCUT2D eigenvalue weighted by Crippen LogP contribution is -2.18. The van der Waals surface area contributed by atoms with Crippen molar-refractivity contribution in [2.24, 2.45) is 0 Å². The number of benzene rings is 1. The second kappa shape index (κ2) is 6.63. The Morgan fingerprint density at radius 1 is 1.17 bits per heavy atom. The molecule has 0 spiro atoms. The summed E-state index contributed by atoms with van der Waals surface area (Å²) in [6, 6.07) is 4.58. The summed E-state index contributed by atoms with van der Waals surface area (Å²) >= 11 is 0. The van der Waals surface area contributed by atoms with Crippen LogP contribution in [0.1, 0.15) is 20.3 Å². The molecule has 7 heteroatoms. The zero-order valence-corrected chi connectivity index (χ0v) is 11.1. The molecule has 104 valence electrons. The van der Waals surface area contributed by atoms with Crippen LogP contribution in [0.3, 0.4) is 0 Å². The highest BCUT2D eigenvalue weighted by Crippen LogP contribution is 2.28. The van der Waals surface area contributed by atoms with Crippen LogP contribution in [-0.4, -0.2) is 21.0 Å². The quantitative estimate of drug-likeness (QED) is 0.836. The smallest absolute Gasteiger partial charge is 0.404 e. The fourth-order valence-corrected chi connectivity index (χ4v) is 1.77. The first kappa shape index (κ1) is 16.8. The zero-order chi connectivity index (χ0) is 14.4. The van der Waals surface area contributed by atoms with Crippen molar-refractivity contribution in [3.05, 3.63) is 24.3 Å². The predicted molar refractivity (Wildman–Crippen MR) is 62.2 cm³/mol. The minimum absolute atomic E-state index is 0.484. The first-order valence-electron chi connectivity index (χ1n) is 5.16. The Morgan fingerprint density at radius 2 is 1.61 bits per heavy atom. The Kier molecular flexibility index (Phi) is 6.17. The average Bonchev–Trinajstić information content (AvgIpc) is 2.15. The maximum Gasteiger partial charge on any atom is 0.573 e. The zero-order valence-electron chi connectivity index (χ0n) is 10.3. The van der Waals surface area contributed by atoms with Crippen molar-refractivity contribution in [2.45, 2.75) is 31.5 Å². The lowest BCUT2D eigenvalue weighted by molar-refractivity contribution is -0.275. The van der Waals surface area contributed by atoms with Gasteiger partial charge in [-0.25, -0.2) is 8.42 Å². The van der Waals surface area contributed by atoms with Crippen molar-refractivity contribution >= 4 is 9.84 Å². The summed E-state index contributed by atoms with van der Waals surface area (Å²) in [6.45, 7) is 4.25. The van der Waals surface area contributed by atoms with Gasteiger partial charge in [-0.05, 0) is 12.1 Å². The molecule has 18 heavy (non-hydrogen) atoms. The highest BCUT2D eigenvalue weighted by Gasteiger charge is 2.33. The number of hydrogen-bond acceptors (Lipinski definition) is 3. The van der Waals surface area contributed by atoms with Crippen molar-refractivity contribution in [1.29, 1.82) is 0 Å². The summed E-state index contributed by atoms with van der Waals surface area (Å²) in [6.07, 6.45) is -2.84. The van der Waals surface area contributed by atoms with Gasteiger partial charge in [0.25, 0.3) is 0 Å². The van der Waals surface area contributed by atoms with E-state index < -0.39 is 26.8 Å². The van der Waals surface area contributed by atoms with Crippen LogP contribution in [0, 0.1) is 0 Å². The molecule has 0 atom stereocenters. The number of halogens is 3. The summed E-state index contributed by atoms with van der Waals surface area (Å²) in [4.78, 5) is -0.484. The molecule has 0 amide bonds. The van der Waals surface area contributed by atoms with Crippen LogP contribution in [0.2, 0.25) is 0 Å². The average molecular weight is 284 g/mol. The van der Waals surface area contributed by atoms with Gasteiger partial charge in [0.2, 0.25) is 0 Å². The van der Waals surface area contributed by atoms with Crippen molar-refractivity contribution in [3.8, 4) is 5.75 Å². The first-order valence-corrected chi connectivity index (χ1v) is 7.05. The van der Waals surface area contributed by atoms with E-state index in [0.717, 1.165) is 18.4 Å². The van der Waals surface area contributed by atoms with E-state index in [1.54, 1.807) is 0 Å². The molecule has 0 saturated heterocycles. The standard InChI is InChI=1S/C8H7F3O3S.C3H8/c1-15(12,13)7-5-3-2-4-6(7)14-8(9,10)11;1-3-2/h2-5H,1H3;3H2,1-2H3. The molecule has 1 aromatic carbocycles. The summed E-state index contributed by atoms with van der Waals surface area (Å²) in [7, 11) is -3.73. The van der Waals surface area contributed by atoms with Crippen LogP contribution < -0.4 is 4.74 Å². The predicted octanol–water partition coefficient (Wildman–Crippen LogP) is 3.41. The Hall–Kier alpha value is -1.24. The van der Waals surface area contributed by atoms with Crippen molar-refractivity contribution in [2.75, 3.05) is 6.26 Å². The van der Waals surface area contributed by atoms with E-state index in [1.807, 2.05) is 0 Å². The molecular formula is C11H15F3O3S. The Morgan fingerprint density at radius 3 is 2.00 bits per heavy atom. The van der Waals surface area contributed by atoms with Gasteiger partial charge in [-0.3, -0.25) is 0 Å². The van der Waals surface area contributed by atoms with Crippen LogP contribution >= 0.6 is 0 Å². The van der Waals surface area contributed by atoms with E-state index in [4.69, 9.17) is 0 Å². The topological polar surface area (TPSA) is 43.4 Å². The van der Waals surface area contributed by atoms with Gasteiger partial charge in [-0.15, -0.1) is 13.2 Å². The first-order chi connectivity index (χ1) is 8.11. The Bertz CT molecular complexity index is 467. The van der Waals surface area contributed by atoms with E-state index in [2.05, 4.69) is 18.6 Å². The molecule has 0 N–H and O–H groups in total. The van der Waals surface area contributed by atoms with Crippen molar-refractivity contribution in [3.63, 3.8) is 0 Å². The third kappa shape index (κ3) is 6.48. The second-order valence-electron chi connectivity index (χ2n) is 3.47. The van der Waals surface area contributed by atoms with Crippen LogP contribution in [0.4, 0.5) is 13.2 Å². The van der Waals surface area contributed by atoms with Crippen LogP contribution in [-0.2, 0) is 9.84 Å². The van der Waals surface area contributed by atoms with Crippen LogP contribution in [0.25, 0.3) is 0 Å². The maximum atomic E-state index is 11.9. The molecule has 0 aliphatic heterocycles. The highest BCUT2D eigenvalue weighted by atomic mass is 32.2. The number of ether oxygens (including phenoxy) is 1. The van der Waals surface area contributed by atoms with Gasteiger partial charge >= 0.3 is 6.36 Å². The molecular weight excluding hydrogens is 269 g/mol. The third-order valence-corrected chi connectivity index (χ3v) is 2.61. The molecule has 1 aromatic rings. The van der Waals surface area contributed by atoms with E-state index in [9.17, 15) is 21.6 Å². The lowest BCUT2D eigenvalue weighted by Gasteiger charge is -2.11. The molecule has 0 fully saturated rings. The third-order valence-electron chi connectivity index (χ3n) is 1.47. The largest absolute Gasteiger partial charge is 0.573 e. The molecule has 0 saturated carbocycles. The molecule has 0 aliphatic carbocycles. The normalized spacial score (nSPS) is 11.4.